The summed E-state index contributed by atoms with van der Waals surface area (Å²) < 4.78 is 0. The van der Waals surface area contributed by atoms with Crippen molar-refractivity contribution in [2.24, 2.45) is 5.92 Å². The van der Waals surface area contributed by atoms with E-state index in [1.165, 1.54) is 0 Å². The fraction of sp³-hybridized carbons (Fsp3) is 0.375. The van der Waals surface area contributed by atoms with Gasteiger partial charge in [0.05, 0.1) is 16.8 Å². The molecule has 0 saturated carbocycles. The maximum Gasteiger partial charge on any atom is 0.255 e. The first-order chi connectivity index (χ1) is 9.15. The summed E-state index contributed by atoms with van der Waals surface area (Å²) in [5.74, 6) is 0.734. The molecule has 1 aliphatic heterocycles. The van der Waals surface area contributed by atoms with Gasteiger partial charge in [0.25, 0.3) is 5.91 Å². The van der Waals surface area contributed by atoms with Gasteiger partial charge in [-0.05, 0) is 31.4 Å². The molecule has 1 saturated heterocycles. The van der Waals surface area contributed by atoms with Gasteiger partial charge in [-0.15, -0.1) is 0 Å². The molecule has 0 radical (unpaired) electrons. The lowest BCUT2D eigenvalue weighted by molar-refractivity contribution is 0.0787. The Bertz CT molecular complexity index is 636. The van der Waals surface area contributed by atoms with Crippen molar-refractivity contribution in [2.75, 3.05) is 13.1 Å². The smallest absolute Gasteiger partial charge is 0.255 e. The first-order valence-electron chi connectivity index (χ1n) is 6.81. The predicted octanol–water partition coefficient (Wildman–Crippen LogP) is 3.03. The summed E-state index contributed by atoms with van der Waals surface area (Å²) >= 11 is 0. The minimum atomic E-state index is 0.125. The van der Waals surface area contributed by atoms with Crippen molar-refractivity contribution in [2.45, 2.75) is 20.3 Å². The second-order valence-electron chi connectivity index (χ2n) is 5.46. The topological polar surface area (TPSA) is 33.2 Å². The molecule has 98 valence electrons. The van der Waals surface area contributed by atoms with Crippen molar-refractivity contribution in [3.63, 3.8) is 0 Å². The van der Waals surface area contributed by atoms with Crippen LogP contribution in [0.4, 0.5) is 0 Å². The molecule has 3 nitrogen and oxygen atoms in total. The quantitative estimate of drug-likeness (QED) is 0.783. The monoisotopic (exact) mass is 254 g/mol. The van der Waals surface area contributed by atoms with E-state index in [4.69, 9.17) is 0 Å². The van der Waals surface area contributed by atoms with E-state index in [1.54, 1.807) is 0 Å². The van der Waals surface area contributed by atoms with E-state index in [0.717, 1.165) is 41.7 Å². The van der Waals surface area contributed by atoms with Crippen LogP contribution in [-0.4, -0.2) is 28.9 Å². The zero-order valence-corrected chi connectivity index (χ0v) is 11.4. The van der Waals surface area contributed by atoms with Crippen LogP contribution in [0.15, 0.2) is 30.3 Å². The Morgan fingerprint density at radius 2 is 2.16 bits per heavy atom. The van der Waals surface area contributed by atoms with Crippen LogP contribution in [0.25, 0.3) is 10.9 Å². The van der Waals surface area contributed by atoms with E-state index in [2.05, 4.69) is 11.9 Å². The van der Waals surface area contributed by atoms with Crippen molar-refractivity contribution in [1.82, 2.24) is 9.88 Å². The van der Waals surface area contributed by atoms with Crippen molar-refractivity contribution >= 4 is 16.8 Å². The SMILES string of the molecule is Cc1nc2ccccc2cc1C(=O)N1CCC(C)C1. The third kappa shape index (κ3) is 2.21. The Morgan fingerprint density at radius 1 is 1.37 bits per heavy atom. The van der Waals surface area contributed by atoms with Crippen LogP contribution in [0.1, 0.15) is 29.4 Å². The fourth-order valence-corrected chi connectivity index (χ4v) is 2.72. The highest BCUT2D eigenvalue weighted by atomic mass is 16.2. The highest BCUT2D eigenvalue weighted by molar-refractivity contribution is 5.98. The van der Waals surface area contributed by atoms with E-state index < -0.39 is 0 Å². The van der Waals surface area contributed by atoms with Crippen LogP contribution < -0.4 is 0 Å². The first kappa shape index (κ1) is 12.2. The van der Waals surface area contributed by atoms with Gasteiger partial charge in [0.2, 0.25) is 0 Å². The Balaban J connectivity index is 2.00. The van der Waals surface area contributed by atoms with Gasteiger partial charge in [0.1, 0.15) is 0 Å². The number of likely N-dealkylation sites (tertiary alicyclic amines) is 1. The zero-order valence-electron chi connectivity index (χ0n) is 11.4. The number of para-hydroxylation sites is 1. The van der Waals surface area contributed by atoms with Crippen LogP contribution >= 0.6 is 0 Å². The number of carbonyl (C=O) groups excluding carboxylic acids is 1. The molecule has 1 atom stereocenters. The second-order valence-corrected chi connectivity index (χ2v) is 5.46. The lowest BCUT2D eigenvalue weighted by atomic mass is 10.1. The molecule has 2 heterocycles. The number of rotatable bonds is 1. The molecule has 19 heavy (non-hydrogen) atoms. The third-order valence-corrected chi connectivity index (χ3v) is 3.86. The molecule has 0 N–H and O–H groups in total. The number of fused-ring (bicyclic) bond motifs is 1. The van der Waals surface area contributed by atoms with Crippen molar-refractivity contribution in [1.29, 1.82) is 0 Å². The number of benzene rings is 1. The van der Waals surface area contributed by atoms with Crippen LogP contribution in [0.3, 0.4) is 0 Å². The van der Waals surface area contributed by atoms with E-state index in [-0.39, 0.29) is 5.91 Å². The number of pyridine rings is 1. The number of carbonyl (C=O) groups is 1. The average Bonchev–Trinajstić information content (AvgIpc) is 2.84. The molecular formula is C16H18N2O. The summed E-state index contributed by atoms with van der Waals surface area (Å²) in [5.41, 5.74) is 2.52. The predicted molar refractivity (Wildman–Crippen MR) is 76.2 cm³/mol. The number of nitrogens with zero attached hydrogens (tertiary/aromatic N) is 2. The van der Waals surface area contributed by atoms with Gasteiger partial charge in [-0.3, -0.25) is 9.78 Å². The molecular weight excluding hydrogens is 236 g/mol. The molecule has 1 aliphatic rings. The van der Waals surface area contributed by atoms with E-state index in [0.29, 0.717) is 5.92 Å². The number of hydrogen-bond acceptors (Lipinski definition) is 2. The van der Waals surface area contributed by atoms with Gasteiger partial charge < -0.3 is 4.90 Å². The van der Waals surface area contributed by atoms with Crippen molar-refractivity contribution in [3.8, 4) is 0 Å². The standard InChI is InChI=1S/C16H18N2O/c1-11-7-8-18(10-11)16(19)14-9-13-5-3-4-6-15(13)17-12(14)2/h3-6,9,11H,7-8,10H2,1-2H3. The van der Waals surface area contributed by atoms with Crippen molar-refractivity contribution in [3.05, 3.63) is 41.6 Å². The molecule has 1 amide bonds. The summed E-state index contributed by atoms with van der Waals surface area (Å²) in [6, 6.07) is 9.91. The van der Waals surface area contributed by atoms with Gasteiger partial charge in [-0.25, -0.2) is 0 Å². The van der Waals surface area contributed by atoms with Gasteiger partial charge in [-0.2, -0.15) is 0 Å². The molecule has 1 aromatic carbocycles. The number of aromatic nitrogens is 1. The van der Waals surface area contributed by atoms with Crippen LogP contribution in [0.5, 0.6) is 0 Å². The summed E-state index contributed by atoms with van der Waals surface area (Å²) in [6.07, 6.45) is 1.10. The van der Waals surface area contributed by atoms with Crippen molar-refractivity contribution < 1.29 is 4.79 Å². The fourth-order valence-electron chi connectivity index (χ4n) is 2.72. The zero-order chi connectivity index (χ0) is 13.4. The van der Waals surface area contributed by atoms with Gasteiger partial charge in [0.15, 0.2) is 0 Å². The number of aryl methyl sites for hydroxylation is 1. The number of hydrogen-bond donors (Lipinski definition) is 0. The molecule has 3 heteroatoms. The van der Waals surface area contributed by atoms with Crippen LogP contribution in [-0.2, 0) is 0 Å². The lowest BCUT2D eigenvalue weighted by Gasteiger charge is -2.17. The molecule has 2 aromatic rings. The van der Waals surface area contributed by atoms with Gasteiger partial charge in [0, 0.05) is 18.5 Å². The Morgan fingerprint density at radius 3 is 2.89 bits per heavy atom. The van der Waals surface area contributed by atoms with Gasteiger partial charge in [-0.1, -0.05) is 25.1 Å². The largest absolute Gasteiger partial charge is 0.338 e. The first-order valence-corrected chi connectivity index (χ1v) is 6.81. The highest BCUT2D eigenvalue weighted by Crippen LogP contribution is 2.21. The maximum atomic E-state index is 12.5. The highest BCUT2D eigenvalue weighted by Gasteiger charge is 2.25. The minimum Gasteiger partial charge on any atom is -0.338 e. The summed E-state index contributed by atoms with van der Waals surface area (Å²) in [6.45, 7) is 5.84. The van der Waals surface area contributed by atoms with E-state index in [9.17, 15) is 4.79 Å². The van der Waals surface area contributed by atoms with Crippen LogP contribution in [0, 0.1) is 12.8 Å². The Kier molecular flexibility index (Phi) is 2.97. The maximum absolute atomic E-state index is 12.5. The number of amides is 1. The molecule has 0 aliphatic carbocycles. The minimum absolute atomic E-state index is 0.125. The summed E-state index contributed by atoms with van der Waals surface area (Å²) in [7, 11) is 0. The Hall–Kier alpha value is -1.90. The molecule has 0 bridgehead atoms. The Labute approximate surface area is 113 Å². The molecule has 1 unspecified atom stereocenters. The molecule has 1 aromatic heterocycles. The lowest BCUT2D eigenvalue weighted by Crippen LogP contribution is -2.29. The molecule has 0 spiro atoms. The normalized spacial score (nSPS) is 19.1. The van der Waals surface area contributed by atoms with Crippen LogP contribution in [0.2, 0.25) is 0 Å². The van der Waals surface area contributed by atoms with Gasteiger partial charge >= 0.3 is 0 Å². The summed E-state index contributed by atoms with van der Waals surface area (Å²) in [5, 5.41) is 1.03. The van der Waals surface area contributed by atoms with E-state index >= 15 is 0 Å². The second kappa shape index (κ2) is 4.65. The van der Waals surface area contributed by atoms with E-state index in [1.807, 2.05) is 42.2 Å². The third-order valence-electron chi connectivity index (χ3n) is 3.86. The average molecular weight is 254 g/mol. The molecule has 3 rings (SSSR count). The summed E-state index contributed by atoms with van der Waals surface area (Å²) in [4.78, 5) is 19.0. The molecule has 1 fully saturated rings.